The predicted molar refractivity (Wildman–Crippen MR) is 67.9 cm³/mol. The van der Waals surface area contributed by atoms with Crippen molar-refractivity contribution in [2.75, 3.05) is 0 Å². The molecular weight excluding hydrogens is 251 g/mol. The van der Waals surface area contributed by atoms with Gasteiger partial charge in [-0.15, -0.1) is 0 Å². The molecule has 1 N–H and O–H groups in total. The number of benzene rings is 1. The van der Waals surface area contributed by atoms with E-state index in [0.717, 1.165) is 12.1 Å². The van der Waals surface area contributed by atoms with Crippen LogP contribution in [0.1, 0.15) is 5.56 Å². The van der Waals surface area contributed by atoms with E-state index in [1.165, 1.54) is 0 Å². The molecule has 0 aromatic heterocycles. The molecule has 0 amide bonds. The van der Waals surface area contributed by atoms with E-state index in [4.69, 9.17) is 4.74 Å². The first-order valence-corrected chi connectivity index (χ1v) is 5.43. The van der Waals surface area contributed by atoms with Crippen molar-refractivity contribution >= 4 is 5.69 Å². The van der Waals surface area contributed by atoms with Crippen LogP contribution in [0, 0.1) is 22.9 Å². The highest BCUT2D eigenvalue weighted by molar-refractivity contribution is 5.46. The van der Waals surface area contributed by atoms with Crippen molar-refractivity contribution in [2.24, 2.45) is 0 Å². The highest BCUT2D eigenvalue weighted by Crippen LogP contribution is 2.28. The number of allylic oxidation sites excluding steroid dienone is 2. The van der Waals surface area contributed by atoms with Crippen LogP contribution in [0.5, 0.6) is 5.75 Å². The highest BCUT2D eigenvalue weighted by atomic mass is 19.1. The fraction of sp³-hybridized carbons (Fsp3) is 0.0769. The fourth-order valence-electron chi connectivity index (χ4n) is 1.58. The van der Waals surface area contributed by atoms with Crippen LogP contribution in [0.15, 0.2) is 48.5 Å². The Kier molecular flexibility index (Phi) is 3.33. The summed E-state index contributed by atoms with van der Waals surface area (Å²) >= 11 is 0. The normalized spacial score (nSPS) is 13.8. The van der Waals surface area contributed by atoms with Crippen LogP contribution in [-0.2, 0) is 0 Å². The Labute approximate surface area is 108 Å². The molecule has 98 valence electrons. The molecule has 19 heavy (non-hydrogen) atoms. The van der Waals surface area contributed by atoms with E-state index in [-0.39, 0.29) is 5.75 Å². The van der Waals surface area contributed by atoms with Crippen LogP contribution >= 0.6 is 0 Å². The maximum absolute atomic E-state index is 13.5. The molecule has 6 heteroatoms. The van der Waals surface area contributed by atoms with Crippen LogP contribution in [0.2, 0.25) is 0 Å². The molecule has 1 aliphatic rings. The Hall–Kier alpha value is -2.63. The SMILES string of the molecule is C=C1C=C(Oc2cc(F)c([N+](=O)[O-])cc2C)C=CN1. The molecule has 0 atom stereocenters. The first-order chi connectivity index (χ1) is 8.97. The van der Waals surface area contributed by atoms with Crippen LogP contribution in [0.3, 0.4) is 0 Å². The van der Waals surface area contributed by atoms with Gasteiger partial charge in [0.05, 0.1) is 4.92 Å². The zero-order valence-corrected chi connectivity index (χ0v) is 10.1. The van der Waals surface area contributed by atoms with E-state index in [0.29, 0.717) is 17.0 Å². The molecule has 0 saturated heterocycles. The van der Waals surface area contributed by atoms with Crippen molar-refractivity contribution in [1.29, 1.82) is 0 Å². The summed E-state index contributed by atoms with van der Waals surface area (Å²) in [5.74, 6) is -0.225. The number of hydrogen-bond acceptors (Lipinski definition) is 4. The third-order valence-corrected chi connectivity index (χ3v) is 2.50. The first-order valence-electron chi connectivity index (χ1n) is 5.43. The molecule has 1 aromatic carbocycles. The van der Waals surface area contributed by atoms with Crippen LogP contribution in [0.25, 0.3) is 0 Å². The second-order valence-electron chi connectivity index (χ2n) is 3.98. The van der Waals surface area contributed by atoms with Crippen molar-refractivity contribution in [3.63, 3.8) is 0 Å². The van der Waals surface area contributed by atoms with Gasteiger partial charge in [-0.3, -0.25) is 10.1 Å². The lowest BCUT2D eigenvalue weighted by Crippen LogP contribution is -2.08. The molecule has 0 unspecified atom stereocenters. The van der Waals surface area contributed by atoms with E-state index in [2.05, 4.69) is 11.9 Å². The molecule has 0 fully saturated rings. The average Bonchev–Trinajstić information content (AvgIpc) is 2.33. The van der Waals surface area contributed by atoms with E-state index in [1.807, 2.05) is 0 Å². The molecule has 1 aliphatic heterocycles. The van der Waals surface area contributed by atoms with Gasteiger partial charge in [-0.05, 0) is 18.6 Å². The second kappa shape index (κ2) is 4.93. The molecule has 1 heterocycles. The van der Waals surface area contributed by atoms with Gasteiger partial charge in [0.2, 0.25) is 5.82 Å². The first kappa shape index (κ1) is 12.8. The van der Waals surface area contributed by atoms with Crippen molar-refractivity contribution in [3.05, 3.63) is 70.0 Å². The lowest BCUT2D eigenvalue weighted by atomic mass is 10.2. The minimum Gasteiger partial charge on any atom is -0.457 e. The summed E-state index contributed by atoms with van der Waals surface area (Å²) in [6, 6.07) is 2.15. The number of ether oxygens (including phenoxy) is 1. The summed E-state index contributed by atoms with van der Waals surface area (Å²) in [6.45, 7) is 5.31. The lowest BCUT2D eigenvalue weighted by molar-refractivity contribution is -0.387. The molecule has 0 radical (unpaired) electrons. The Morgan fingerprint density at radius 2 is 2.21 bits per heavy atom. The summed E-state index contributed by atoms with van der Waals surface area (Å²) in [5.41, 5.74) is 0.549. The minimum absolute atomic E-state index is 0.230. The largest absolute Gasteiger partial charge is 0.457 e. The van der Waals surface area contributed by atoms with Crippen molar-refractivity contribution in [2.45, 2.75) is 6.92 Å². The van der Waals surface area contributed by atoms with Gasteiger partial charge in [0.15, 0.2) is 0 Å². The lowest BCUT2D eigenvalue weighted by Gasteiger charge is -2.13. The Bertz CT molecular complexity index is 621. The number of hydrogen-bond donors (Lipinski definition) is 1. The smallest absolute Gasteiger partial charge is 0.305 e. The zero-order chi connectivity index (χ0) is 14.0. The number of dihydropyridines is 1. The molecule has 0 spiro atoms. The van der Waals surface area contributed by atoms with Gasteiger partial charge in [0.25, 0.3) is 0 Å². The molecular formula is C13H11FN2O3. The van der Waals surface area contributed by atoms with Crippen molar-refractivity contribution in [3.8, 4) is 5.75 Å². The molecule has 0 aliphatic carbocycles. The second-order valence-corrected chi connectivity index (χ2v) is 3.98. The van der Waals surface area contributed by atoms with Crippen molar-refractivity contribution in [1.82, 2.24) is 5.32 Å². The number of nitrogens with zero attached hydrogens (tertiary/aromatic N) is 1. The molecule has 1 aromatic rings. The van der Waals surface area contributed by atoms with Crippen molar-refractivity contribution < 1.29 is 14.1 Å². The number of aryl methyl sites for hydroxylation is 1. The Morgan fingerprint density at radius 3 is 2.84 bits per heavy atom. The zero-order valence-electron chi connectivity index (χ0n) is 10.1. The Balaban J connectivity index is 2.31. The standard InChI is InChI=1S/C13H11FN2O3/c1-8-5-12(16(17)18)11(14)7-13(8)19-10-3-4-15-9(2)6-10/h3-7,15H,2H2,1H3. The van der Waals surface area contributed by atoms with Crippen LogP contribution in [-0.4, -0.2) is 4.92 Å². The van der Waals surface area contributed by atoms with E-state index in [9.17, 15) is 14.5 Å². The summed E-state index contributed by atoms with van der Waals surface area (Å²) < 4.78 is 19.0. The van der Waals surface area contributed by atoms with Gasteiger partial charge in [-0.2, -0.15) is 4.39 Å². The average molecular weight is 262 g/mol. The van der Waals surface area contributed by atoms with Gasteiger partial charge >= 0.3 is 5.69 Å². The third kappa shape index (κ3) is 2.79. The topological polar surface area (TPSA) is 64.4 Å². The van der Waals surface area contributed by atoms with Gasteiger partial charge in [-0.1, -0.05) is 6.58 Å². The minimum atomic E-state index is -0.928. The maximum Gasteiger partial charge on any atom is 0.305 e. The van der Waals surface area contributed by atoms with Crippen LogP contribution < -0.4 is 10.1 Å². The van der Waals surface area contributed by atoms with E-state index >= 15 is 0 Å². The summed E-state index contributed by atoms with van der Waals surface area (Å²) in [4.78, 5) is 9.83. The number of nitro groups is 1. The molecule has 0 saturated carbocycles. The third-order valence-electron chi connectivity index (χ3n) is 2.50. The summed E-state index contributed by atoms with van der Waals surface area (Å²) in [7, 11) is 0. The number of nitrogens with one attached hydrogen (secondary N) is 1. The highest BCUT2D eigenvalue weighted by Gasteiger charge is 2.18. The summed E-state index contributed by atoms with van der Waals surface area (Å²) in [6.07, 6.45) is 4.92. The number of nitro benzene ring substituents is 1. The predicted octanol–water partition coefficient (Wildman–Crippen LogP) is 2.94. The maximum atomic E-state index is 13.5. The van der Waals surface area contributed by atoms with Gasteiger partial charge < -0.3 is 10.1 Å². The van der Waals surface area contributed by atoms with Gasteiger partial charge in [-0.25, -0.2) is 0 Å². The Morgan fingerprint density at radius 1 is 1.47 bits per heavy atom. The van der Waals surface area contributed by atoms with E-state index < -0.39 is 16.4 Å². The van der Waals surface area contributed by atoms with Crippen LogP contribution in [0.4, 0.5) is 10.1 Å². The monoisotopic (exact) mass is 262 g/mol. The molecule has 0 bridgehead atoms. The van der Waals surface area contributed by atoms with Gasteiger partial charge in [0, 0.05) is 30.1 Å². The molecule has 2 rings (SSSR count). The van der Waals surface area contributed by atoms with Gasteiger partial charge in [0.1, 0.15) is 11.5 Å². The molecule has 5 nitrogen and oxygen atoms in total. The quantitative estimate of drug-likeness (QED) is 0.672. The number of rotatable bonds is 3. The summed E-state index contributed by atoms with van der Waals surface area (Å²) in [5, 5.41) is 13.5. The fourth-order valence-corrected chi connectivity index (χ4v) is 1.58. The van der Waals surface area contributed by atoms with E-state index in [1.54, 1.807) is 25.3 Å². The number of halogens is 1.